The number of rotatable bonds is 3. The largest absolute Gasteiger partial charge is 0.369 e. The monoisotopic (exact) mass is 250 g/mol. The highest BCUT2D eigenvalue weighted by Gasteiger charge is 2.26. The Balaban J connectivity index is 0.00000225. The van der Waals surface area contributed by atoms with Gasteiger partial charge in [-0.25, -0.2) is 0 Å². The van der Waals surface area contributed by atoms with E-state index in [1.807, 2.05) is 18.7 Å². The van der Waals surface area contributed by atoms with Gasteiger partial charge in [-0.2, -0.15) is 0 Å². The topological polar surface area (TPSA) is 41.6 Å². The molecule has 1 fully saturated rings. The molecule has 1 rings (SSSR count). The summed E-state index contributed by atoms with van der Waals surface area (Å²) in [6, 6.07) is 0.647. The highest BCUT2D eigenvalue weighted by atomic mass is 35.5. The summed E-state index contributed by atoms with van der Waals surface area (Å²) >= 11 is 0. The van der Waals surface area contributed by atoms with Gasteiger partial charge in [0.2, 0.25) is 5.91 Å². The molecule has 1 saturated heterocycles. The minimum atomic E-state index is 0. The first-order valence-electron chi connectivity index (χ1n) is 5.65. The molecule has 96 valence electrons. The molecule has 0 bridgehead atoms. The van der Waals surface area contributed by atoms with Crippen molar-refractivity contribution in [1.29, 1.82) is 0 Å². The summed E-state index contributed by atoms with van der Waals surface area (Å²) in [5.74, 6) is 0.101. The van der Waals surface area contributed by atoms with E-state index >= 15 is 0 Å². The van der Waals surface area contributed by atoms with Crippen molar-refractivity contribution in [3.8, 4) is 0 Å². The predicted molar refractivity (Wildman–Crippen MR) is 67.0 cm³/mol. The third-order valence-corrected chi connectivity index (χ3v) is 2.62. The van der Waals surface area contributed by atoms with Crippen molar-refractivity contribution >= 4 is 18.3 Å². The maximum atomic E-state index is 11.8. The van der Waals surface area contributed by atoms with Crippen molar-refractivity contribution in [2.24, 2.45) is 0 Å². The second-order valence-electron chi connectivity index (χ2n) is 4.56. The van der Waals surface area contributed by atoms with Crippen molar-refractivity contribution in [1.82, 2.24) is 10.2 Å². The minimum Gasteiger partial charge on any atom is -0.369 e. The van der Waals surface area contributed by atoms with E-state index in [0.717, 1.165) is 13.1 Å². The molecule has 0 saturated carbocycles. The zero-order valence-electron chi connectivity index (χ0n) is 10.5. The Bertz CT molecular complexity index is 224. The smallest absolute Gasteiger partial charge is 0.248 e. The molecule has 2 atom stereocenters. The molecule has 1 amide bonds. The summed E-state index contributed by atoms with van der Waals surface area (Å²) in [5.41, 5.74) is 0. The van der Waals surface area contributed by atoms with Crippen molar-refractivity contribution < 1.29 is 9.53 Å². The van der Waals surface area contributed by atoms with E-state index in [2.05, 4.69) is 19.2 Å². The molecule has 0 aliphatic carbocycles. The van der Waals surface area contributed by atoms with Crippen molar-refractivity contribution in [3.63, 3.8) is 0 Å². The number of hydrogen-bond donors (Lipinski definition) is 1. The predicted octanol–water partition coefficient (Wildman–Crippen LogP) is 1.04. The Morgan fingerprint density at radius 3 is 2.69 bits per heavy atom. The van der Waals surface area contributed by atoms with E-state index in [9.17, 15) is 4.79 Å². The van der Waals surface area contributed by atoms with Crippen LogP contribution >= 0.6 is 12.4 Å². The zero-order chi connectivity index (χ0) is 11.4. The van der Waals surface area contributed by atoms with Crippen LogP contribution in [-0.4, -0.2) is 48.7 Å². The molecule has 1 heterocycles. The molecule has 0 aromatic rings. The Hall–Kier alpha value is -0.320. The van der Waals surface area contributed by atoms with Crippen LogP contribution in [0.4, 0.5) is 0 Å². The van der Waals surface area contributed by atoms with Gasteiger partial charge < -0.3 is 15.0 Å². The molecule has 4 nitrogen and oxygen atoms in total. The van der Waals surface area contributed by atoms with Crippen LogP contribution in [0.5, 0.6) is 0 Å². The molecule has 16 heavy (non-hydrogen) atoms. The highest BCUT2D eigenvalue weighted by molar-refractivity contribution is 5.85. The van der Waals surface area contributed by atoms with E-state index in [4.69, 9.17) is 4.74 Å². The molecule has 5 heteroatoms. The van der Waals surface area contributed by atoms with Gasteiger partial charge in [0.15, 0.2) is 0 Å². The number of nitrogens with zero attached hydrogens (tertiary/aromatic N) is 1. The molecule has 0 aromatic heterocycles. The molecule has 1 N–H and O–H groups in total. The fourth-order valence-electron chi connectivity index (χ4n) is 1.69. The Morgan fingerprint density at radius 2 is 2.12 bits per heavy atom. The third kappa shape index (κ3) is 4.68. The van der Waals surface area contributed by atoms with Gasteiger partial charge >= 0.3 is 0 Å². The SMILES string of the molecule is CC1CN(C(=O)COC(C)C)C(C)CN1.Cl. The van der Waals surface area contributed by atoms with Crippen molar-refractivity contribution in [2.75, 3.05) is 19.7 Å². The fourth-order valence-corrected chi connectivity index (χ4v) is 1.69. The molecule has 2 unspecified atom stereocenters. The summed E-state index contributed by atoms with van der Waals surface area (Å²) in [6.07, 6.45) is 0.115. The Morgan fingerprint density at radius 1 is 1.50 bits per heavy atom. The third-order valence-electron chi connectivity index (χ3n) is 2.62. The molecule has 0 radical (unpaired) electrons. The van der Waals surface area contributed by atoms with E-state index in [0.29, 0.717) is 6.04 Å². The molecule has 1 aliphatic heterocycles. The highest BCUT2D eigenvalue weighted by Crippen LogP contribution is 2.07. The van der Waals surface area contributed by atoms with Crippen LogP contribution in [0.15, 0.2) is 0 Å². The summed E-state index contributed by atoms with van der Waals surface area (Å²) in [7, 11) is 0. The lowest BCUT2D eigenvalue weighted by atomic mass is 10.1. The Labute approximate surface area is 104 Å². The summed E-state index contributed by atoms with van der Waals surface area (Å²) in [4.78, 5) is 13.7. The zero-order valence-corrected chi connectivity index (χ0v) is 11.3. The average molecular weight is 251 g/mol. The van der Waals surface area contributed by atoms with Crippen molar-refractivity contribution in [3.05, 3.63) is 0 Å². The maximum Gasteiger partial charge on any atom is 0.248 e. The van der Waals surface area contributed by atoms with Gasteiger partial charge in [-0.1, -0.05) is 0 Å². The number of nitrogens with one attached hydrogen (secondary N) is 1. The van der Waals surface area contributed by atoms with Gasteiger partial charge in [0.05, 0.1) is 6.10 Å². The van der Waals surface area contributed by atoms with E-state index < -0.39 is 0 Å². The molecule has 1 aliphatic rings. The lowest BCUT2D eigenvalue weighted by Gasteiger charge is -2.37. The molecular formula is C11H23ClN2O2. The Kier molecular flexibility index (Phi) is 6.95. The first-order chi connectivity index (χ1) is 7.00. The van der Waals surface area contributed by atoms with Crippen LogP contribution in [0, 0.1) is 0 Å². The molecule has 0 spiro atoms. The van der Waals surface area contributed by atoms with E-state index in [1.165, 1.54) is 0 Å². The molecular weight excluding hydrogens is 228 g/mol. The van der Waals surface area contributed by atoms with Gasteiger partial charge in [-0.15, -0.1) is 12.4 Å². The normalized spacial score (nSPS) is 25.4. The summed E-state index contributed by atoms with van der Waals surface area (Å²) in [6.45, 7) is 9.89. The maximum absolute atomic E-state index is 11.8. The van der Waals surface area contributed by atoms with Gasteiger partial charge in [0, 0.05) is 25.2 Å². The number of carbonyl (C=O) groups is 1. The van der Waals surface area contributed by atoms with Gasteiger partial charge in [-0.05, 0) is 27.7 Å². The van der Waals surface area contributed by atoms with Crippen LogP contribution in [0.3, 0.4) is 0 Å². The first kappa shape index (κ1) is 15.7. The number of amides is 1. The standard InChI is InChI=1S/C11H22N2O2.ClH/c1-8(2)15-7-11(14)13-6-9(3)12-5-10(13)4;/h8-10,12H,5-7H2,1-4H3;1H. The summed E-state index contributed by atoms with van der Waals surface area (Å²) in [5, 5.41) is 3.35. The number of hydrogen-bond acceptors (Lipinski definition) is 3. The second kappa shape index (κ2) is 7.09. The van der Waals surface area contributed by atoms with Gasteiger partial charge in [-0.3, -0.25) is 4.79 Å². The molecule has 0 aromatic carbocycles. The van der Waals surface area contributed by atoms with Crippen LogP contribution in [0.2, 0.25) is 0 Å². The van der Waals surface area contributed by atoms with E-state index in [1.54, 1.807) is 0 Å². The van der Waals surface area contributed by atoms with Crippen LogP contribution in [0.25, 0.3) is 0 Å². The van der Waals surface area contributed by atoms with Gasteiger partial charge in [0.25, 0.3) is 0 Å². The first-order valence-corrected chi connectivity index (χ1v) is 5.65. The fraction of sp³-hybridized carbons (Fsp3) is 0.909. The number of halogens is 1. The van der Waals surface area contributed by atoms with Crippen LogP contribution in [-0.2, 0) is 9.53 Å². The summed E-state index contributed by atoms with van der Waals surface area (Å²) < 4.78 is 5.33. The van der Waals surface area contributed by atoms with E-state index in [-0.39, 0.29) is 37.1 Å². The van der Waals surface area contributed by atoms with Gasteiger partial charge in [0.1, 0.15) is 6.61 Å². The number of piperazine rings is 1. The quantitative estimate of drug-likeness (QED) is 0.814. The number of ether oxygens (including phenoxy) is 1. The van der Waals surface area contributed by atoms with Crippen molar-refractivity contribution in [2.45, 2.75) is 45.9 Å². The lowest BCUT2D eigenvalue weighted by Crippen LogP contribution is -2.57. The number of carbonyl (C=O) groups excluding carboxylic acids is 1. The lowest BCUT2D eigenvalue weighted by molar-refractivity contribution is -0.141. The minimum absolute atomic E-state index is 0. The second-order valence-corrected chi connectivity index (χ2v) is 4.56. The average Bonchev–Trinajstić information content (AvgIpc) is 2.18. The van der Waals surface area contributed by atoms with Crippen LogP contribution in [0.1, 0.15) is 27.7 Å². The van der Waals surface area contributed by atoms with Crippen LogP contribution < -0.4 is 5.32 Å².